The first kappa shape index (κ1) is 12.0. The van der Waals surface area contributed by atoms with Crippen LogP contribution >= 0.6 is 22.9 Å². The Morgan fingerprint density at radius 1 is 1.53 bits per heavy atom. The highest BCUT2D eigenvalue weighted by Crippen LogP contribution is 2.11. The molecule has 0 unspecified atom stereocenters. The highest BCUT2D eigenvalue weighted by atomic mass is 35.5. The monoisotopic (exact) mass is 267 g/mol. The van der Waals surface area contributed by atoms with Crippen molar-refractivity contribution < 1.29 is 4.79 Å². The number of halogens is 1. The molecule has 0 aliphatic carbocycles. The molecular weight excluding hydrogens is 258 g/mol. The van der Waals surface area contributed by atoms with Crippen molar-refractivity contribution in [2.75, 3.05) is 0 Å². The molecule has 2 aromatic heterocycles. The van der Waals surface area contributed by atoms with E-state index in [4.69, 9.17) is 11.6 Å². The Kier molecular flexibility index (Phi) is 3.71. The molecule has 0 aliphatic rings. The number of nitrogens with zero attached hydrogens (tertiary/aromatic N) is 2. The van der Waals surface area contributed by atoms with Crippen LogP contribution < -0.4 is 5.32 Å². The molecule has 0 aliphatic heterocycles. The third kappa shape index (κ3) is 3.25. The third-order valence-corrected chi connectivity index (χ3v) is 3.20. The van der Waals surface area contributed by atoms with Gasteiger partial charge in [0, 0.05) is 22.8 Å². The maximum Gasteiger partial charge on any atom is 0.251 e. The van der Waals surface area contributed by atoms with E-state index in [9.17, 15) is 4.79 Å². The van der Waals surface area contributed by atoms with E-state index in [2.05, 4.69) is 15.3 Å². The lowest BCUT2D eigenvalue weighted by Crippen LogP contribution is -2.22. The summed E-state index contributed by atoms with van der Waals surface area (Å²) in [5.41, 5.74) is 0.506. The summed E-state index contributed by atoms with van der Waals surface area (Å²) in [6.45, 7) is 2.41. The van der Waals surface area contributed by atoms with Gasteiger partial charge in [-0.25, -0.2) is 9.97 Å². The van der Waals surface area contributed by atoms with Gasteiger partial charge >= 0.3 is 0 Å². The Balaban J connectivity index is 1.98. The molecule has 0 saturated heterocycles. The summed E-state index contributed by atoms with van der Waals surface area (Å²) in [5, 5.41) is 4.10. The van der Waals surface area contributed by atoms with Gasteiger partial charge in [-0.05, 0) is 19.1 Å². The second-order valence-corrected chi connectivity index (χ2v) is 5.10. The summed E-state index contributed by atoms with van der Waals surface area (Å²) in [7, 11) is 0. The van der Waals surface area contributed by atoms with Gasteiger partial charge in [-0.2, -0.15) is 0 Å². The molecule has 0 spiro atoms. The van der Waals surface area contributed by atoms with Gasteiger partial charge in [0.25, 0.3) is 5.91 Å². The Hall–Kier alpha value is -1.46. The fourth-order valence-corrected chi connectivity index (χ4v) is 2.21. The molecule has 0 bridgehead atoms. The molecule has 4 nitrogen and oxygen atoms in total. The summed E-state index contributed by atoms with van der Waals surface area (Å²) < 4.78 is 0. The van der Waals surface area contributed by atoms with E-state index in [1.165, 1.54) is 12.3 Å². The van der Waals surface area contributed by atoms with Crippen LogP contribution in [0.5, 0.6) is 0 Å². The molecule has 1 N–H and O–H groups in total. The topological polar surface area (TPSA) is 54.9 Å². The number of nitrogens with one attached hydrogen (secondary N) is 1. The maximum atomic E-state index is 11.8. The number of hydrogen-bond acceptors (Lipinski definition) is 4. The third-order valence-electron chi connectivity index (χ3n) is 2.08. The van der Waals surface area contributed by atoms with Crippen molar-refractivity contribution in [3.63, 3.8) is 0 Å². The average Bonchev–Trinajstić information content (AvgIpc) is 2.72. The number of carbonyl (C=O) groups is 1. The molecule has 88 valence electrons. The van der Waals surface area contributed by atoms with Crippen LogP contribution in [0.2, 0.25) is 5.15 Å². The Bertz CT molecular complexity index is 541. The number of thiazole rings is 1. The van der Waals surface area contributed by atoms with Gasteiger partial charge in [-0.15, -0.1) is 11.3 Å². The Morgan fingerprint density at radius 2 is 2.35 bits per heavy atom. The van der Waals surface area contributed by atoms with Gasteiger partial charge < -0.3 is 5.32 Å². The number of pyridine rings is 1. The van der Waals surface area contributed by atoms with E-state index < -0.39 is 0 Å². The molecule has 0 saturated carbocycles. The van der Waals surface area contributed by atoms with Gasteiger partial charge in [0.15, 0.2) is 0 Å². The molecule has 1 amide bonds. The van der Waals surface area contributed by atoms with E-state index in [0.29, 0.717) is 17.3 Å². The minimum atomic E-state index is -0.166. The highest BCUT2D eigenvalue weighted by Gasteiger charge is 2.06. The fraction of sp³-hybridized carbons (Fsp3) is 0.182. The van der Waals surface area contributed by atoms with Crippen molar-refractivity contribution in [2.45, 2.75) is 13.5 Å². The summed E-state index contributed by atoms with van der Waals surface area (Å²) in [6.07, 6.45) is 3.27. The normalized spacial score (nSPS) is 10.2. The molecule has 17 heavy (non-hydrogen) atoms. The molecule has 2 heterocycles. The molecule has 0 fully saturated rings. The molecule has 0 radical (unpaired) electrons. The van der Waals surface area contributed by atoms with Crippen molar-refractivity contribution in [2.24, 2.45) is 0 Å². The van der Waals surface area contributed by atoms with Crippen LogP contribution in [0.1, 0.15) is 20.2 Å². The second kappa shape index (κ2) is 5.25. The molecule has 2 aromatic rings. The van der Waals surface area contributed by atoms with Crippen molar-refractivity contribution in [3.05, 3.63) is 45.1 Å². The van der Waals surface area contributed by atoms with Gasteiger partial charge in [0.1, 0.15) is 5.15 Å². The van der Waals surface area contributed by atoms with E-state index in [1.54, 1.807) is 23.6 Å². The predicted molar refractivity (Wildman–Crippen MR) is 67.3 cm³/mol. The lowest BCUT2D eigenvalue weighted by atomic mass is 10.2. The van der Waals surface area contributed by atoms with Crippen LogP contribution in [0.15, 0.2) is 24.5 Å². The van der Waals surface area contributed by atoms with Gasteiger partial charge in [-0.3, -0.25) is 4.79 Å². The standard InChI is InChI=1S/C11H10ClN3OS/c1-7-14-5-9(17-7)6-15-11(16)8-2-3-13-10(12)4-8/h2-5H,6H2,1H3,(H,15,16). The highest BCUT2D eigenvalue weighted by molar-refractivity contribution is 7.11. The predicted octanol–water partition coefficient (Wildman–Crippen LogP) is 2.43. The molecule has 0 atom stereocenters. The number of rotatable bonds is 3. The van der Waals surface area contributed by atoms with Crippen LogP contribution in [0.3, 0.4) is 0 Å². The van der Waals surface area contributed by atoms with Crippen LogP contribution in [-0.2, 0) is 6.54 Å². The molecule has 0 aromatic carbocycles. The van der Waals surface area contributed by atoms with Gasteiger partial charge in [0.05, 0.1) is 11.6 Å². The maximum absolute atomic E-state index is 11.8. The van der Waals surface area contributed by atoms with Crippen LogP contribution in [0, 0.1) is 6.92 Å². The van der Waals surface area contributed by atoms with Gasteiger partial charge in [0.2, 0.25) is 0 Å². The van der Waals surface area contributed by atoms with Gasteiger partial charge in [-0.1, -0.05) is 11.6 Å². The Morgan fingerprint density at radius 3 is 3.00 bits per heavy atom. The van der Waals surface area contributed by atoms with Crippen molar-refractivity contribution in [1.29, 1.82) is 0 Å². The zero-order valence-corrected chi connectivity index (χ0v) is 10.7. The molecule has 2 rings (SSSR count). The first-order chi connectivity index (χ1) is 8.15. The molecular formula is C11H10ClN3OS. The lowest BCUT2D eigenvalue weighted by molar-refractivity contribution is 0.0951. The number of amides is 1. The fourth-order valence-electron chi connectivity index (χ4n) is 1.30. The minimum absolute atomic E-state index is 0.166. The number of hydrogen-bond donors (Lipinski definition) is 1. The zero-order valence-electron chi connectivity index (χ0n) is 9.11. The smallest absolute Gasteiger partial charge is 0.251 e. The SMILES string of the molecule is Cc1ncc(CNC(=O)c2ccnc(Cl)c2)s1. The summed E-state index contributed by atoms with van der Waals surface area (Å²) in [4.78, 5) is 20.7. The van der Waals surface area contributed by atoms with Crippen LogP contribution in [0.4, 0.5) is 0 Å². The first-order valence-electron chi connectivity index (χ1n) is 4.96. The largest absolute Gasteiger partial charge is 0.347 e. The van der Waals surface area contributed by atoms with Crippen molar-refractivity contribution in [3.8, 4) is 0 Å². The summed E-state index contributed by atoms with van der Waals surface area (Å²) in [6, 6.07) is 3.16. The van der Waals surface area contributed by atoms with E-state index in [1.807, 2.05) is 6.92 Å². The number of aromatic nitrogens is 2. The first-order valence-corrected chi connectivity index (χ1v) is 6.15. The van der Waals surface area contributed by atoms with Crippen molar-refractivity contribution >= 4 is 28.8 Å². The minimum Gasteiger partial charge on any atom is -0.347 e. The van der Waals surface area contributed by atoms with E-state index in [0.717, 1.165) is 9.88 Å². The zero-order chi connectivity index (χ0) is 12.3. The Labute approximate surface area is 108 Å². The second-order valence-electron chi connectivity index (χ2n) is 3.40. The number of aryl methyl sites for hydroxylation is 1. The molecule has 6 heteroatoms. The van der Waals surface area contributed by atoms with E-state index >= 15 is 0 Å². The quantitative estimate of drug-likeness (QED) is 0.869. The number of carbonyl (C=O) groups excluding carboxylic acids is 1. The van der Waals surface area contributed by atoms with Crippen LogP contribution in [0.25, 0.3) is 0 Å². The lowest BCUT2D eigenvalue weighted by Gasteiger charge is -2.03. The summed E-state index contributed by atoms with van der Waals surface area (Å²) >= 11 is 7.27. The van der Waals surface area contributed by atoms with Crippen molar-refractivity contribution in [1.82, 2.24) is 15.3 Å². The summed E-state index contributed by atoms with van der Waals surface area (Å²) in [5.74, 6) is -0.166. The van der Waals surface area contributed by atoms with Crippen LogP contribution in [-0.4, -0.2) is 15.9 Å². The average molecular weight is 268 g/mol. The van der Waals surface area contributed by atoms with E-state index in [-0.39, 0.29) is 5.91 Å².